The molecule has 5 nitrogen and oxygen atoms in total. The topological polar surface area (TPSA) is 65.8 Å². The number of rotatable bonds is 2. The van der Waals surface area contributed by atoms with Gasteiger partial charge in [-0.05, 0) is 30.3 Å². The molecule has 1 aromatic carbocycles. The Bertz CT molecular complexity index is 791. The number of imidazole rings is 1. The van der Waals surface area contributed by atoms with Gasteiger partial charge in [0.05, 0.1) is 17.7 Å². The molecule has 0 fully saturated rings. The standard InChI is InChI=1S/C14H11FN4O/c15-11-3-1-10(2-4-11)13-7-12(8-14(20)19(13)16)18-6-5-17-9-18/h1-9H,16H2. The number of nitrogen functional groups attached to an aromatic ring is 1. The SMILES string of the molecule is Nn1c(-c2ccc(F)cc2)cc(-n2ccnc2)cc1=O. The molecule has 2 aromatic heterocycles. The van der Waals surface area contributed by atoms with Gasteiger partial charge in [0, 0.05) is 24.0 Å². The molecular formula is C14H11FN4O. The fraction of sp³-hybridized carbons (Fsp3) is 0. The molecule has 0 atom stereocenters. The maximum atomic E-state index is 13.0. The van der Waals surface area contributed by atoms with Crippen molar-refractivity contribution in [2.45, 2.75) is 0 Å². The van der Waals surface area contributed by atoms with E-state index in [9.17, 15) is 9.18 Å². The van der Waals surface area contributed by atoms with Crippen LogP contribution in [0.15, 0.2) is 59.9 Å². The lowest BCUT2D eigenvalue weighted by Gasteiger charge is -2.10. The Morgan fingerprint density at radius 2 is 1.90 bits per heavy atom. The second-order valence-corrected chi connectivity index (χ2v) is 4.28. The smallest absolute Gasteiger partial charge is 0.271 e. The molecule has 0 unspecified atom stereocenters. The Morgan fingerprint density at radius 1 is 1.15 bits per heavy atom. The van der Waals surface area contributed by atoms with Gasteiger partial charge in [0.25, 0.3) is 5.56 Å². The van der Waals surface area contributed by atoms with Crippen LogP contribution in [-0.2, 0) is 0 Å². The van der Waals surface area contributed by atoms with E-state index < -0.39 is 0 Å². The van der Waals surface area contributed by atoms with E-state index in [1.54, 1.807) is 41.5 Å². The molecule has 3 aromatic rings. The number of pyridine rings is 1. The average molecular weight is 270 g/mol. The first-order chi connectivity index (χ1) is 9.65. The molecule has 0 aliphatic heterocycles. The van der Waals surface area contributed by atoms with Gasteiger partial charge >= 0.3 is 0 Å². The maximum Gasteiger partial charge on any atom is 0.271 e. The van der Waals surface area contributed by atoms with E-state index in [0.717, 1.165) is 4.68 Å². The Hall–Kier alpha value is -2.89. The number of aromatic nitrogens is 3. The number of hydrogen-bond donors (Lipinski definition) is 1. The number of nitrogens with two attached hydrogens (primary N) is 1. The minimum absolute atomic E-state index is 0.342. The zero-order valence-electron chi connectivity index (χ0n) is 10.4. The van der Waals surface area contributed by atoms with Crippen LogP contribution in [0.5, 0.6) is 0 Å². The van der Waals surface area contributed by atoms with Crippen LogP contribution in [0.1, 0.15) is 0 Å². The molecule has 0 aliphatic rings. The lowest BCUT2D eigenvalue weighted by Crippen LogP contribution is -2.28. The normalized spacial score (nSPS) is 10.7. The van der Waals surface area contributed by atoms with Crippen LogP contribution in [0.3, 0.4) is 0 Å². The summed E-state index contributed by atoms with van der Waals surface area (Å²) in [6, 6.07) is 8.95. The van der Waals surface area contributed by atoms with E-state index in [2.05, 4.69) is 4.98 Å². The van der Waals surface area contributed by atoms with E-state index in [0.29, 0.717) is 16.9 Å². The van der Waals surface area contributed by atoms with Crippen molar-refractivity contribution in [1.29, 1.82) is 0 Å². The predicted octanol–water partition coefficient (Wildman–Crippen LogP) is 1.55. The van der Waals surface area contributed by atoms with Crippen LogP contribution in [0.2, 0.25) is 0 Å². The van der Waals surface area contributed by atoms with Crippen LogP contribution >= 0.6 is 0 Å². The van der Waals surface area contributed by atoms with Crippen molar-refractivity contribution in [3.8, 4) is 16.9 Å². The summed E-state index contributed by atoms with van der Waals surface area (Å²) in [5.41, 5.74) is 1.46. The van der Waals surface area contributed by atoms with Gasteiger partial charge in [-0.15, -0.1) is 0 Å². The third-order valence-electron chi connectivity index (χ3n) is 3.00. The molecular weight excluding hydrogens is 259 g/mol. The third-order valence-corrected chi connectivity index (χ3v) is 3.00. The van der Waals surface area contributed by atoms with Gasteiger partial charge in [-0.3, -0.25) is 4.79 Å². The first-order valence-electron chi connectivity index (χ1n) is 5.91. The van der Waals surface area contributed by atoms with Gasteiger partial charge in [0.1, 0.15) is 5.82 Å². The molecule has 2 N–H and O–H groups in total. The Kier molecular flexibility index (Phi) is 2.83. The molecule has 100 valence electrons. The maximum absolute atomic E-state index is 13.0. The van der Waals surface area contributed by atoms with E-state index in [1.807, 2.05) is 0 Å². The van der Waals surface area contributed by atoms with E-state index in [4.69, 9.17) is 5.84 Å². The van der Waals surface area contributed by atoms with Crippen LogP contribution < -0.4 is 11.4 Å². The van der Waals surface area contributed by atoms with Crippen molar-refractivity contribution in [2.24, 2.45) is 0 Å². The molecule has 2 heterocycles. The van der Waals surface area contributed by atoms with Crippen molar-refractivity contribution in [1.82, 2.24) is 14.2 Å². The molecule has 0 spiro atoms. The minimum Gasteiger partial charge on any atom is -0.336 e. The number of nitrogens with zero attached hydrogens (tertiary/aromatic N) is 3. The molecule has 0 radical (unpaired) electrons. The lowest BCUT2D eigenvalue weighted by molar-refractivity contribution is 0.628. The number of hydrogen-bond acceptors (Lipinski definition) is 3. The summed E-state index contributed by atoms with van der Waals surface area (Å²) < 4.78 is 15.7. The highest BCUT2D eigenvalue weighted by molar-refractivity contribution is 5.62. The van der Waals surface area contributed by atoms with Crippen molar-refractivity contribution >= 4 is 0 Å². The van der Waals surface area contributed by atoms with Gasteiger partial charge in [-0.1, -0.05) is 0 Å². The summed E-state index contributed by atoms with van der Waals surface area (Å²) in [5, 5.41) is 0. The fourth-order valence-electron chi connectivity index (χ4n) is 1.97. The second-order valence-electron chi connectivity index (χ2n) is 4.28. The van der Waals surface area contributed by atoms with E-state index in [1.165, 1.54) is 18.2 Å². The van der Waals surface area contributed by atoms with Gasteiger partial charge in [0.2, 0.25) is 0 Å². The molecule has 0 amide bonds. The highest BCUT2D eigenvalue weighted by atomic mass is 19.1. The summed E-state index contributed by atoms with van der Waals surface area (Å²) in [4.78, 5) is 15.9. The highest BCUT2D eigenvalue weighted by Gasteiger charge is 2.08. The largest absolute Gasteiger partial charge is 0.336 e. The average Bonchev–Trinajstić information content (AvgIpc) is 2.97. The summed E-state index contributed by atoms with van der Waals surface area (Å²) in [6.45, 7) is 0. The zero-order chi connectivity index (χ0) is 14.1. The Balaban J connectivity index is 2.20. The summed E-state index contributed by atoms with van der Waals surface area (Å²) in [7, 11) is 0. The fourth-order valence-corrected chi connectivity index (χ4v) is 1.97. The number of benzene rings is 1. The minimum atomic E-state index is -0.351. The first kappa shape index (κ1) is 12.2. The Morgan fingerprint density at radius 3 is 2.55 bits per heavy atom. The van der Waals surface area contributed by atoms with Crippen LogP contribution in [0.25, 0.3) is 16.9 Å². The summed E-state index contributed by atoms with van der Waals surface area (Å²) in [5.74, 6) is 5.42. The second kappa shape index (κ2) is 4.65. The molecule has 0 saturated carbocycles. The highest BCUT2D eigenvalue weighted by Crippen LogP contribution is 2.19. The zero-order valence-corrected chi connectivity index (χ0v) is 10.4. The van der Waals surface area contributed by atoms with E-state index in [-0.39, 0.29) is 11.4 Å². The van der Waals surface area contributed by atoms with Crippen molar-refractivity contribution in [3.63, 3.8) is 0 Å². The quantitative estimate of drug-likeness (QED) is 0.718. The van der Waals surface area contributed by atoms with Gasteiger partial charge in [0.15, 0.2) is 0 Å². The molecule has 6 heteroatoms. The predicted molar refractivity (Wildman–Crippen MR) is 73.4 cm³/mol. The summed E-state index contributed by atoms with van der Waals surface area (Å²) in [6.07, 6.45) is 4.93. The monoisotopic (exact) mass is 270 g/mol. The lowest BCUT2D eigenvalue weighted by atomic mass is 10.1. The van der Waals surface area contributed by atoms with Crippen LogP contribution in [0, 0.1) is 5.82 Å². The van der Waals surface area contributed by atoms with Gasteiger partial charge in [-0.25, -0.2) is 14.1 Å². The molecule has 0 saturated heterocycles. The van der Waals surface area contributed by atoms with Crippen molar-refractivity contribution in [3.05, 3.63) is 71.3 Å². The van der Waals surface area contributed by atoms with Crippen molar-refractivity contribution in [2.75, 3.05) is 5.84 Å². The summed E-state index contributed by atoms with van der Waals surface area (Å²) >= 11 is 0. The third kappa shape index (κ3) is 2.07. The molecule has 0 bridgehead atoms. The molecule has 20 heavy (non-hydrogen) atoms. The van der Waals surface area contributed by atoms with Gasteiger partial charge in [-0.2, -0.15) is 0 Å². The first-order valence-corrected chi connectivity index (χ1v) is 5.91. The molecule has 3 rings (SSSR count). The van der Waals surface area contributed by atoms with Crippen LogP contribution in [-0.4, -0.2) is 14.2 Å². The van der Waals surface area contributed by atoms with Gasteiger partial charge < -0.3 is 10.4 Å². The van der Waals surface area contributed by atoms with E-state index >= 15 is 0 Å². The molecule has 0 aliphatic carbocycles. The van der Waals surface area contributed by atoms with Crippen LogP contribution in [0.4, 0.5) is 4.39 Å². The Labute approximate surface area is 113 Å². The number of halogens is 1. The van der Waals surface area contributed by atoms with Crippen molar-refractivity contribution < 1.29 is 4.39 Å².